The summed E-state index contributed by atoms with van der Waals surface area (Å²) in [6.07, 6.45) is 1.88. The third-order valence-corrected chi connectivity index (χ3v) is 3.72. The Bertz CT molecular complexity index is 876. The van der Waals surface area contributed by atoms with E-state index in [0.717, 1.165) is 27.2 Å². The van der Waals surface area contributed by atoms with Crippen molar-refractivity contribution < 1.29 is 4.79 Å². The number of aromatic nitrogens is 1. The molecule has 4 rings (SSSR count). The molecule has 3 aromatic carbocycles. The van der Waals surface area contributed by atoms with E-state index in [4.69, 9.17) is 0 Å². The summed E-state index contributed by atoms with van der Waals surface area (Å²) < 4.78 is 0. The van der Waals surface area contributed by atoms with Gasteiger partial charge in [-0.25, -0.2) is 0 Å². The first-order chi connectivity index (χ1) is 9.24. The summed E-state index contributed by atoms with van der Waals surface area (Å²) in [5.41, 5.74) is 1.62. The average molecular weight is 245 g/mol. The zero-order valence-electron chi connectivity index (χ0n) is 10.5. The summed E-state index contributed by atoms with van der Waals surface area (Å²) in [5, 5.41) is 5.83. The lowest BCUT2D eigenvalue weighted by Gasteiger charge is -2.10. The monoisotopic (exact) mass is 245 g/mol. The molecule has 1 heterocycles. The first-order valence-electron chi connectivity index (χ1n) is 6.28. The van der Waals surface area contributed by atoms with Crippen LogP contribution < -0.4 is 0 Å². The zero-order chi connectivity index (χ0) is 13.0. The summed E-state index contributed by atoms with van der Waals surface area (Å²) in [6.45, 7) is 1.59. The van der Waals surface area contributed by atoms with Crippen LogP contribution in [0, 0.1) is 0 Å². The van der Waals surface area contributed by atoms with Gasteiger partial charge in [0.05, 0.1) is 5.52 Å². The van der Waals surface area contributed by atoms with Gasteiger partial charge in [0.1, 0.15) is 0 Å². The van der Waals surface area contributed by atoms with E-state index in [1.54, 1.807) is 6.92 Å². The maximum atomic E-state index is 11.6. The molecule has 0 atom stereocenters. The average Bonchev–Trinajstić information content (AvgIpc) is 2.44. The molecule has 4 aromatic rings. The molecule has 2 heteroatoms. The van der Waals surface area contributed by atoms with Gasteiger partial charge in [-0.1, -0.05) is 30.3 Å². The lowest BCUT2D eigenvalue weighted by molar-refractivity contribution is 0.101. The largest absolute Gasteiger partial charge is 0.295 e. The van der Waals surface area contributed by atoms with E-state index in [9.17, 15) is 4.79 Å². The highest BCUT2D eigenvalue weighted by Crippen LogP contribution is 2.33. The summed E-state index contributed by atoms with van der Waals surface area (Å²) in [4.78, 5) is 16.1. The van der Waals surface area contributed by atoms with Crippen molar-refractivity contribution in [2.45, 2.75) is 6.92 Å². The molecule has 0 saturated carbocycles. The maximum absolute atomic E-state index is 11.6. The minimum atomic E-state index is 0.0762. The number of hydrogen-bond acceptors (Lipinski definition) is 2. The second-order valence-corrected chi connectivity index (χ2v) is 4.92. The Hall–Kier alpha value is -2.48. The van der Waals surface area contributed by atoms with Crippen molar-refractivity contribution in [2.75, 3.05) is 0 Å². The molecule has 0 spiro atoms. The van der Waals surface area contributed by atoms with Crippen molar-refractivity contribution in [1.82, 2.24) is 4.98 Å². The SMILES string of the molecule is CC(=O)c1cc2ccc3cccc4cnc(c1)c2c34. The highest BCUT2D eigenvalue weighted by atomic mass is 16.1. The number of carbonyl (C=O) groups excluding carboxylic acids is 1. The molecule has 0 aliphatic rings. The second kappa shape index (κ2) is 3.51. The van der Waals surface area contributed by atoms with Gasteiger partial charge in [-0.05, 0) is 29.8 Å². The lowest BCUT2D eigenvalue weighted by Crippen LogP contribution is -1.94. The molecule has 0 bridgehead atoms. The number of hydrogen-bond donors (Lipinski definition) is 0. The molecular weight excluding hydrogens is 234 g/mol. The molecule has 0 saturated heterocycles. The van der Waals surface area contributed by atoms with Crippen molar-refractivity contribution in [3.63, 3.8) is 0 Å². The van der Waals surface area contributed by atoms with Crippen LogP contribution in [-0.4, -0.2) is 10.8 Å². The van der Waals surface area contributed by atoms with Crippen molar-refractivity contribution >= 4 is 38.2 Å². The number of rotatable bonds is 1. The predicted molar refractivity (Wildman–Crippen MR) is 77.9 cm³/mol. The Morgan fingerprint density at radius 3 is 2.58 bits per heavy atom. The fourth-order valence-electron chi connectivity index (χ4n) is 2.80. The summed E-state index contributed by atoms with van der Waals surface area (Å²) in [5.74, 6) is 0.0762. The molecule has 1 aromatic heterocycles. The van der Waals surface area contributed by atoms with Crippen LogP contribution in [0.1, 0.15) is 17.3 Å². The zero-order valence-corrected chi connectivity index (χ0v) is 10.5. The standard InChI is InChI=1S/C17H11NO/c1-10(19)14-7-12-6-5-11-3-2-4-13-9-18-15(8-14)17(12)16(11)13/h2-9H,1H3. The van der Waals surface area contributed by atoms with Gasteiger partial charge in [-0.3, -0.25) is 9.78 Å². The molecule has 0 amide bonds. The highest BCUT2D eigenvalue weighted by Gasteiger charge is 2.11. The van der Waals surface area contributed by atoms with Gasteiger partial charge in [0.2, 0.25) is 0 Å². The van der Waals surface area contributed by atoms with Gasteiger partial charge in [-0.2, -0.15) is 0 Å². The molecule has 0 aliphatic carbocycles. The number of carbonyl (C=O) groups is 1. The fraction of sp³-hybridized carbons (Fsp3) is 0.0588. The van der Waals surface area contributed by atoms with E-state index in [1.165, 1.54) is 10.8 Å². The van der Waals surface area contributed by atoms with E-state index in [1.807, 2.05) is 24.4 Å². The first kappa shape index (κ1) is 10.4. The summed E-state index contributed by atoms with van der Waals surface area (Å²) in [6, 6.07) is 14.2. The van der Waals surface area contributed by atoms with Crippen LogP contribution >= 0.6 is 0 Å². The van der Waals surface area contributed by atoms with Gasteiger partial charge in [0.15, 0.2) is 5.78 Å². The number of nitrogens with zero attached hydrogens (tertiary/aromatic N) is 1. The normalized spacial score (nSPS) is 11.6. The summed E-state index contributed by atoms with van der Waals surface area (Å²) >= 11 is 0. The van der Waals surface area contributed by atoms with Gasteiger partial charge < -0.3 is 0 Å². The highest BCUT2D eigenvalue weighted by molar-refractivity contribution is 6.22. The predicted octanol–water partition coefficient (Wildman–Crippen LogP) is 4.18. The third kappa shape index (κ3) is 1.37. The Kier molecular flexibility index (Phi) is 1.93. The van der Waals surface area contributed by atoms with E-state index in [-0.39, 0.29) is 5.78 Å². The number of pyridine rings is 1. The van der Waals surface area contributed by atoms with Crippen LogP contribution in [0.4, 0.5) is 0 Å². The topological polar surface area (TPSA) is 30.0 Å². The van der Waals surface area contributed by atoms with Crippen LogP contribution in [-0.2, 0) is 0 Å². The minimum Gasteiger partial charge on any atom is -0.295 e. The van der Waals surface area contributed by atoms with Crippen molar-refractivity contribution in [2.24, 2.45) is 0 Å². The van der Waals surface area contributed by atoms with Crippen LogP contribution in [0.3, 0.4) is 0 Å². The van der Waals surface area contributed by atoms with Crippen LogP contribution in [0.25, 0.3) is 32.4 Å². The number of Topliss-reactive ketones (excluding diaryl/α,β-unsaturated/α-hetero) is 1. The van der Waals surface area contributed by atoms with E-state index >= 15 is 0 Å². The molecular formula is C17H11NO. The Morgan fingerprint density at radius 1 is 0.947 bits per heavy atom. The summed E-state index contributed by atoms with van der Waals surface area (Å²) in [7, 11) is 0. The molecule has 19 heavy (non-hydrogen) atoms. The fourth-order valence-corrected chi connectivity index (χ4v) is 2.80. The van der Waals surface area contributed by atoms with Crippen LogP contribution in [0.5, 0.6) is 0 Å². The van der Waals surface area contributed by atoms with Gasteiger partial charge in [0, 0.05) is 27.9 Å². The van der Waals surface area contributed by atoms with Gasteiger partial charge >= 0.3 is 0 Å². The Morgan fingerprint density at radius 2 is 1.74 bits per heavy atom. The Labute approximate surface area is 110 Å². The smallest absolute Gasteiger partial charge is 0.159 e. The van der Waals surface area contributed by atoms with Gasteiger partial charge in [-0.15, -0.1) is 0 Å². The van der Waals surface area contributed by atoms with Crippen LogP contribution in [0.2, 0.25) is 0 Å². The molecule has 0 radical (unpaired) electrons. The molecule has 0 N–H and O–H groups in total. The van der Waals surface area contributed by atoms with Gasteiger partial charge in [0.25, 0.3) is 0 Å². The van der Waals surface area contributed by atoms with Crippen LogP contribution in [0.15, 0.2) is 48.7 Å². The number of benzene rings is 3. The van der Waals surface area contributed by atoms with Crippen molar-refractivity contribution in [1.29, 1.82) is 0 Å². The van der Waals surface area contributed by atoms with Crippen molar-refractivity contribution in [3.8, 4) is 0 Å². The van der Waals surface area contributed by atoms with E-state index in [2.05, 4.69) is 29.2 Å². The third-order valence-electron chi connectivity index (χ3n) is 3.72. The second-order valence-electron chi connectivity index (χ2n) is 4.92. The molecule has 2 nitrogen and oxygen atoms in total. The minimum absolute atomic E-state index is 0.0762. The van der Waals surface area contributed by atoms with E-state index < -0.39 is 0 Å². The molecule has 0 aliphatic heterocycles. The lowest BCUT2D eigenvalue weighted by atomic mass is 9.95. The quantitative estimate of drug-likeness (QED) is 0.372. The molecule has 0 fully saturated rings. The number of ketones is 1. The van der Waals surface area contributed by atoms with E-state index in [0.29, 0.717) is 0 Å². The maximum Gasteiger partial charge on any atom is 0.159 e. The molecule has 90 valence electrons. The molecule has 0 unspecified atom stereocenters. The Balaban J connectivity index is 2.32. The van der Waals surface area contributed by atoms with Crippen molar-refractivity contribution in [3.05, 3.63) is 54.2 Å². The first-order valence-corrected chi connectivity index (χ1v) is 6.28.